The Hall–Kier alpha value is -4.55. The van der Waals surface area contributed by atoms with E-state index in [2.05, 4.69) is 6.07 Å². The van der Waals surface area contributed by atoms with E-state index in [1.54, 1.807) is 36.4 Å². The number of hydrogen-bond donors (Lipinski definition) is 1. The third-order valence-electron chi connectivity index (χ3n) is 5.03. The van der Waals surface area contributed by atoms with Crippen LogP contribution in [0.4, 0.5) is 5.69 Å². The predicted octanol–water partition coefficient (Wildman–Crippen LogP) is 4.45. The molecule has 4 rings (SSSR count). The summed E-state index contributed by atoms with van der Waals surface area (Å²) in [5, 5.41) is 20.9. The Morgan fingerprint density at radius 1 is 1.12 bits per heavy atom. The summed E-state index contributed by atoms with van der Waals surface area (Å²) in [5.74, 6) is -0.382. The summed E-state index contributed by atoms with van der Waals surface area (Å²) < 4.78 is 16.3. The summed E-state index contributed by atoms with van der Waals surface area (Å²) in [7, 11) is 0. The van der Waals surface area contributed by atoms with Gasteiger partial charge < -0.3 is 19.9 Å². The number of nitrogens with zero attached hydrogens (tertiary/aromatic N) is 2. The van der Waals surface area contributed by atoms with E-state index in [9.17, 15) is 20.2 Å². The third kappa shape index (κ3) is 4.77. The highest BCUT2D eigenvalue weighted by molar-refractivity contribution is 6.30. The summed E-state index contributed by atoms with van der Waals surface area (Å²) in [6.45, 7) is -0.413. The second-order valence-electron chi connectivity index (χ2n) is 7.19. The van der Waals surface area contributed by atoms with Crippen LogP contribution in [0.3, 0.4) is 0 Å². The summed E-state index contributed by atoms with van der Waals surface area (Å²) in [6.07, 6.45) is 0. The van der Waals surface area contributed by atoms with Crippen molar-refractivity contribution in [2.24, 2.45) is 5.73 Å². The molecule has 0 amide bonds. The molecule has 0 saturated carbocycles. The first-order chi connectivity index (χ1) is 16.4. The van der Waals surface area contributed by atoms with Crippen molar-refractivity contribution < 1.29 is 23.9 Å². The van der Waals surface area contributed by atoms with Crippen LogP contribution in [0, 0.1) is 21.4 Å². The van der Waals surface area contributed by atoms with Gasteiger partial charge in [-0.15, -0.1) is 0 Å². The molecule has 0 radical (unpaired) electrons. The number of carbonyl (C=O) groups is 1. The van der Waals surface area contributed by atoms with Crippen LogP contribution in [-0.4, -0.2) is 17.5 Å². The molecule has 0 aromatic heterocycles. The van der Waals surface area contributed by atoms with Crippen molar-refractivity contribution in [3.05, 3.63) is 104 Å². The maximum absolute atomic E-state index is 12.2. The number of nitriles is 1. The largest absolute Gasteiger partial charge is 0.482 e. The van der Waals surface area contributed by atoms with E-state index in [4.69, 9.17) is 31.5 Å². The van der Waals surface area contributed by atoms with Crippen LogP contribution in [0.2, 0.25) is 5.02 Å². The zero-order chi connectivity index (χ0) is 24.2. The number of nitro benzene ring substituents is 1. The Morgan fingerprint density at radius 2 is 1.79 bits per heavy atom. The van der Waals surface area contributed by atoms with E-state index in [0.717, 1.165) is 5.56 Å². The average molecular weight is 478 g/mol. The van der Waals surface area contributed by atoms with E-state index < -0.39 is 23.4 Å². The molecule has 0 bridgehead atoms. The number of ether oxygens (including phenoxy) is 3. The van der Waals surface area contributed by atoms with Crippen molar-refractivity contribution in [1.29, 1.82) is 5.26 Å². The monoisotopic (exact) mass is 477 g/mol. The maximum Gasteiger partial charge on any atom is 0.349 e. The van der Waals surface area contributed by atoms with Crippen molar-refractivity contribution >= 4 is 23.3 Å². The molecular formula is C24H16ClN3O6. The van der Waals surface area contributed by atoms with Crippen LogP contribution < -0.4 is 19.9 Å². The van der Waals surface area contributed by atoms with Crippen molar-refractivity contribution in [3.63, 3.8) is 0 Å². The molecule has 1 unspecified atom stereocenters. The van der Waals surface area contributed by atoms with Gasteiger partial charge in [0.15, 0.2) is 6.61 Å². The molecule has 3 aromatic rings. The summed E-state index contributed by atoms with van der Waals surface area (Å²) in [4.78, 5) is 22.4. The topological polar surface area (TPSA) is 138 Å². The first-order valence-electron chi connectivity index (χ1n) is 9.90. The Kier molecular flexibility index (Phi) is 6.34. The van der Waals surface area contributed by atoms with Gasteiger partial charge in [0.2, 0.25) is 5.88 Å². The number of hydrogen-bond acceptors (Lipinski definition) is 8. The minimum Gasteiger partial charge on any atom is -0.482 e. The lowest BCUT2D eigenvalue weighted by atomic mass is 9.83. The van der Waals surface area contributed by atoms with Crippen molar-refractivity contribution in [1.82, 2.24) is 0 Å². The maximum atomic E-state index is 12.2. The number of nitrogens with two attached hydrogens (primary N) is 1. The molecule has 0 aliphatic carbocycles. The molecular weight excluding hydrogens is 462 g/mol. The molecule has 34 heavy (non-hydrogen) atoms. The minimum absolute atomic E-state index is 0.0417. The highest BCUT2D eigenvalue weighted by Gasteiger charge is 2.31. The number of halogens is 1. The fraction of sp³-hybridized carbons (Fsp3) is 0.0833. The van der Waals surface area contributed by atoms with Crippen LogP contribution in [-0.2, 0) is 4.79 Å². The van der Waals surface area contributed by atoms with Gasteiger partial charge in [0, 0.05) is 28.8 Å². The van der Waals surface area contributed by atoms with E-state index in [1.807, 2.05) is 0 Å². The zero-order valence-corrected chi connectivity index (χ0v) is 18.2. The number of esters is 1. The number of carbonyl (C=O) groups excluding carboxylic acids is 1. The fourth-order valence-electron chi connectivity index (χ4n) is 3.46. The predicted molar refractivity (Wildman–Crippen MR) is 121 cm³/mol. The number of allylic oxidation sites excluding steroid dienone is 1. The Bertz CT molecular complexity index is 1330. The van der Waals surface area contributed by atoms with Crippen molar-refractivity contribution in [2.45, 2.75) is 5.92 Å². The van der Waals surface area contributed by atoms with Gasteiger partial charge in [0.25, 0.3) is 5.69 Å². The van der Waals surface area contributed by atoms with Crippen LogP contribution >= 0.6 is 11.6 Å². The molecule has 0 spiro atoms. The number of non-ortho nitro benzene ring substituents is 1. The lowest BCUT2D eigenvalue weighted by Crippen LogP contribution is -2.21. The Morgan fingerprint density at radius 3 is 2.44 bits per heavy atom. The van der Waals surface area contributed by atoms with Crippen molar-refractivity contribution in [2.75, 3.05) is 6.61 Å². The van der Waals surface area contributed by atoms with E-state index in [1.165, 1.54) is 30.3 Å². The van der Waals surface area contributed by atoms with Crippen LogP contribution in [0.15, 0.2) is 78.2 Å². The van der Waals surface area contributed by atoms with Gasteiger partial charge in [-0.3, -0.25) is 10.1 Å². The summed E-state index contributed by atoms with van der Waals surface area (Å²) >= 11 is 5.99. The molecule has 10 heteroatoms. The second kappa shape index (κ2) is 9.52. The number of nitro groups is 1. The highest BCUT2D eigenvalue weighted by atomic mass is 35.5. The van der Waals surface area contributed by atoms with Gasteiger partial charge in [-0.1, -0.05) is 29.8 Å². The first-order valence-corrected chi connectivity index (χ1v) is 10.3. The van der Waals surface area contributed by atoms with Crippen molar-refractivity contribution in [3.8, 4) is 23.3 Å². The summed E-state index contributed by atoms with van der Waals surface area (Å²) in [5.41, 5.74) is 7.64. The smallest absolute Gasteiger partial charge is 0.349 e. The Balaban J connectivity index is 1.49. The van der Waals surface area contributed by atoms with Gasteiger partial charge in [-0.05, 0) is 35.9 Å². The summed E-state index contributed by atoms with van der Waals surface area (Å²) in [6, 6.07) is 19.2. The lowest BCUT2D eigenvalue weighted by molar-refractivity contribution is -0.384. The molecule has 9 nitrogen and oxygen atoms in total. The molecule has 1 heterocycles. The Labute approximate surface area is 198 Å². The van der Waals surface area contributed by atoms with Gasteiger partial charge in [0.05, 0.1) is 10.8 Å². The molecule has 1 atom stereocenters. The minimum atomic E-state index is -0.690. The third-order valence-corrected chi connectivity index (χ3v) is 5.28. The van der Waals surface area contributed by atoms with E-state index in [0.29, 0.717) is 16.3 Å². The second-order valence-corrected chi connectivity index (χ2v) is 7.63. The number of benzene rings is 3. The van der Waals surface area contributed by atoms with E-state index >= 15 is 0 Å². The van der Waals surface area contributed by atoms with Crippen LogP contribution in [0.5, 0.6) is 17.2 Å². The molecule has 2 N–H and O–H groups in total. The number of fused-ring (bicyclic) bond motifs is 1. The fourth-order valence-corrected chi connectivity index (χ4v) is 3.59. The normalized spacial score (nSPS) is 14.4. The lowest BCUT2D eigenvalue weighted by Gasteiger charge is -2.26. The standard InChI is InChI=1S/C24H16ClN3O6/c25-15-3-1-14(2-4-15)23-19-10-9-18(11-21(19)34-24(27)20(23)12-26)33-22(29)13-32-17-7-5-16(6-8-17)28(30)31/h1-11,23H,13,27H2. The SMILES string of the molecule is N#CC1=C(N)Oc2cc(OC(=O)COc3ccc([N+](=O)[O-])cc3)ccc2C1c1ccc(Cl)cc1. The van der Waals surface area contributed by atoms with Gasteiger partial charge in [-0.25, -0.2) is 4.79 Å². The molecule has 0 fully saturated rings. The highest BCUT2D eigenvalue weighted by Crippen LogP contribution is 2.43. The van der Waals surface area contributed by atoms with Crippen LogP contribution in [0.1, 0.15) is 17.0 Å². The van der Waals surface area contributed by atoms with Gasteiger partial charge in [0.1, 0.15) is 28.9 Å². The number of rotatable bonds is 6. The zero-order valence-electron chi connectivity index (χ0n) is 17.4. The van der Waals surface area contributed by atoms with Gasteiger partial charge in [-0.2, -0.15) is 5.26 Å². The molecule has 1 aliphatic rings. The molecule has 3 aromatic carbocycles. The molecule has 170 valence electrons. The van der Waals surface area contributed by atoms with Crippen LogP contribution in [0.25, 0.3) is 0 Å². The first kappa shape index (κ1) is 22.6. The van der Waals surface area contributed by atoms with E-state index in [-0.39, 0.29) is 28.6 Å². The van der Waals surface area contributed by atoms with Gasteiger partial charge >= 0.3 is 5.97 Å². The average Bonchev–Trinajstić information content (AvgIpc) is 2.82. The molecule has 0 saturated heterocycles. The quantitative estimate of drug-likeness (QED) is 0.238. The molecule has 1 aliphatic heterocycles.